The van der Waals surface area contributed by atoms with E-state index in [2.05, 4.69) is 4.84 Å². The maximum atomic E-state index is 12.7. The summed E-state index contributed by atoms with van der Waals surface area (Å²) in [6, 6.07) is 4.40. The minimum Gasteiger partial charge on any atom is -0.300 e. The zero-order valence-corrected chi connectivity index (χ0v) is 7.66. The van der Waals surface area contributed by atoms with Crippen molar-refractivity contribution in [1.82, 2.24) is 0 Å². The van der Waals surface area contributed by atoms with Gasteiger partial charge in [-0.2, -0.15) is 0 Å². The minimum atomic E-state index is -0.457. The van der Waals surface area contributed by atoms with Crippen LogP contribution in [0.1, 0.15) is 5.56 Å². The highest BCUT2D eigenvalue weighted by Crippen LogP contribution is 2.15. The van der Waals surface area contributed by atoms with Crippen molar-refractivity contribution in [1.29, 1.82) is 0 Å². The molecule has 1 aromatic rings. The second kappa shape index (κ2) is 5.32. The van der Waals surface area contributed by atoms with Crippen molar-refractivity contribution in [3.05, 3.63) is 34.6 Å². The molecule has 2 nitrogen and oxygen atoms in total. The first kappa shape index (κ1) is 11.6. The first-order chi connectivity index (χ1) is 5.24. The molecule has 68 valence electrons. The van der Waals surface area contributed by atoms with Crippen molar-refractivity contribution >= 4 is 24.0 Å². The van der Waals surface area contributed by atoms with E-state index in [0.29, 0.717) is 5.56 Å². The lowest BCUT2D eigenvalue weighted by atomic mass is 10.2. The van der Waals surface area contributed by atoms with E-state index in [1.807, 2.05) is 0 Å². The van der Waals surface area contributed by atoms with Gasteiger partial charge in [-0.3, -0.25) is 4.84 Å². The molecule has 0 fully saturated rings. The second-order valence-electron chi connectivity index (χ2n) is 2.06. The molecule has 0 saturated carbocycles. The highest BCUT2D eigenvalue weighted by molar-refractivity contribution is 6.30. The monoisotopic (exact) mass is 211 g/mol. The zero-order chi connectivity index (χ0) is 8.27. The quantitative estimate of drug-likeness (QED) is 0.763. The molecule has 0 aliphatic rings. The summed E-state index contributed by atoms with van der Waals surface area (Å²) >= 11 is 5.43. The SMILES string of the molecule is Cl.NOCc1ccc(Cl)c(F)c1. The summed E-state index contributed by atoms with van der Waals surface area (Å²) in [7, 11) is 0. The normalized spacial score (nSPS) is 9.25. The fourth-order valence-electron chi connectivity index (χ4n) is 0.726. The van der Waals surface area contributed by atoms with Gasteiger partial charge in [-0.1, -0.05) is 17.7 Å². The van der Waals surface area contributed by atoms with Crippen molar-refractivity contribution in [2.45, 2.75) is 6.61 Å². The van der Waals surface area contributed by atoms with E-state index in [-0.39, 0.29) is 24.0 Å². The second-order valence-corrected chi connectivity index (χ2v) is 2.47. The number of nitrogens with two attached hydrogens (primary N) is 1. The number of halogens is 3. The van der Waals surface area contributed by atoms with Crippen molar-refractivity contribution in [3.8, 4) is 0 Å². The van der Waals surface area contributed by atoms with Crippen LogP contribution in [0.2, 0.25) is 5.02 Å². The molecule has 0 amide bonds. The maximum Gasteiger partial charge on any atom is 0.142 e. The smallest absolute Gasteiger partial charge is 0.142 e. The van der Waals surface area contributed by atoms with E-state index in [4.69, 9.17) is 17.5 Å². The van der Waals surface area contributed by atoms with E-state index in [9.17, 15) is 4.39 Å². The summed E-state index contributed by atoms with van der Waals surface area (Å²) in [5, 5.41) is 0.103. The Hall–Kier alpha value is -0.350. The molecule has 0 aliphatic carbocycles. The van der Waals surface area contributed by atoms with Gasteiger partial charge in [0.15, 0.2) is 0 Å². The Morgan fingerprint density at radius 3 is 2.67 bits per heavy atom. The Morgan fingerprint density at radius 1 is 1.50 bits per heavy atom. The minimum absolute atomic E-state index is 0. The molecule has 5 heteroatoms. The Balaban J connectivity index is 0.00000121. The van der Waals surface area contributed by atoms with Gasteiger partial charge in [0.2, 0.25) is 0 Å². The van der Waals surface area contributed by atoms with Gasteiger partial charge in [0.05, 0.1) is 11.6 Å². The summed E-state index contributed by atoms with van der Waals surface area (Å²) < 4.78 is 12.7. The third-order valence-corrected chi connectivity index (χ3v) is 1.54. The fraction of sp³-hybridized carbons (Fsp3) is 0.143. The molecule has 0 bridgehead atoms. The predicted octanol–water partition coefficient (Wildman–Crippen LogP) is 2.29. The van der Waals surface area contributed by atoms with Crippen LogP contribution in [-0.4, -0.2) is 0 Å². The first-order valence-corrected chi connectivity index (χ1v) is 3.37. The van der Waals surface area contributed by atoms with Crippen LogP contribution in [0, 0.1) is 5.82 Å². The summed E-state index contributed by atoms with van der Waals surface area (Å²) in [5.41, 5.74) is 0.661. The standard InChI is InChI=1S/C7H7ClFNO.ClH/c8-6-2-1-5(4-11-10)3-7(6)9;/h1-3H,4,10H2;1H. The van der Waals surface area contributed by atoms with E-state index in [0.717, 1.165) is 0 Å². The third kappa shape index (κ3) is 2.95. The van der Waals surface area contributed by atoms with Gasteiger partial charge in [0.25, 0.3) is 0 Å². The zero-order valence-electron chi connectivity index (χ0n) is 6.09. The van der Waals surface area contributed by atoms with E-state index in [1.165, 1.54) is 12.1 Å². The molecule has 12 heavy (non-hydrogen) atoms. The van der Waals surface area contributed by atoms with Crippen LogP contribution in [0.15, 0.2) is 18.2 Å². The topological polar surface area (TPSA) is 35.2 Å². The Kier molecular flexibility index (Phi) is 5.17. The number of benzene rings is 1. The molecule has 0 unspecified atom stereocenters. The molecule has 0 atom stereocenters. The molecule has 0 aromatic heterocycles. The summed E-state index contributed by atoms with van der Waals surface area (Å²) in [6.45, 7) is 0.189. The molecule has 1 aromatic carbocycles. The Bertz CT molecular complexity index is 257. The number of hydrogen-bond acceptors (Lipinski definition) is 2. The van der Waals surface area contributed by atoms with E-state index >= 15 is 0 Å². The lowest BCUT2D eigenvalue weighted by molar-refractivity contribution is 0.124. The van der Waals surface area contributed by atoms with Gasteiger partial charge in [-0.15, -0.1) is 12.4 Å². The van der Waals surface area contributed by atoms with Crippen LogP contribution >= 0.6 is 24.0 Å². The average Bonchev–Trinajstić information content (AvgIpc) is 1.98. The van der Waals surface area contributed by atoms with Crippen LogP contribution in [0.3, 0.4) is 0 Å². The Labute approximate surface area is 80.8 Å². The van der Waals surface area contributed by atoms with Gasteiger partial charge in [-0.25, -0.2) is 10.3 Å². The van der Waals surface area contributed by atoms with E-state index < -0.39 is 5.82 Å². The molecular formula is C7H8Cl2FNO. The number of hydrogen-bond donors (Lipinski definition) is 1. The van der Waals surface area contributed by atoms with Crippen molar-refractivity contribution in [3.63, 3.8) is 0 Å². The largest absolute Gasteiger partial charge is 0.300 e. The molecule has 0 spiro atoms. The van der Waals surface area contributed by atoms with Crippen LogP contribution < -0.4 is 5.90 Å². The average molecular weight is 212 g/mol. The lowest BCUT2D eigenvalue weighted by Crippen LogP contribution is -1.98. The van der Waals surface area contributed by atoms with Crippen molar-refractivity contribution in [2.24, 2.45) is 5.90 Å². The molecule has 1 rings (SSSR count). The first-order valence-electron chi connectivity index (χ1n) is 2.99. The predicted molar refractivity (Wildman–Crippen MR) is 47.6 cm³/mol. The molecule has 2 N–H and O–H groups in total. The van der Waals surface area contributed by atoms with Crippen molar-refractivity contribution in [2.75, 3.05) is 0 Å². The fourth-order valence-corrected chi connectivity index (χ4v) is 0.843. The van der Waals surface area contributed by atoms with Gasteiger partial charge < -0.3 is 0 Å². The Morgan fingerprint density at radius 2 is 2.17 bits per heavy atom. The van der Waals surface area contributed by atoms with Crippen LogP contribution in [-0.2, 0) is 11.4 Å². The molecule has 0 saturated heterocycles. The van der Waals surface area contributed by atoms with Crippen LogP contribution in [0.25, 0.3) is 0 Å². The van der Waals surface area contributed by atoms with Crippen molar-refractivity contribution < 1.29 is 9.23 Å². The summed E-state index contributed by atoms with van der Waals surface area (Å²) in [5.74, 6) is 4.34. The van der Waals surface area contributed by atoms with Gasteiger partial charge >= 0.3 is 0 Å². The van der Waals surface area contributed by atoms with Gasteiger partial charge in [0, 0.05) is 0 Å². The third-order valence-electron chi connectivity index (χ3n) is 1.23. The highest BCUT2D eigenvalue weighted by atomic mass is 35.5. The molecule has 0 heterocycles. The summed E-state index contributed by atoms with van der Waals surface area (Å²) in [6.07, 6.45) is 0. The summed E-state index contributed by atoms with van der Waals surface area (Å²) in [4.78, 5) is 4.31. The highest BCUT2D eigenvalue weighted by Gasteiger charge is 1.99. The maximum absolute atomic E-state index is 12.7. The van der Waals surface area contributed by atoms with Crippen LogP contribution in [0.4, 0.5) is 4.39 Å². The van der Waals surface area contributed by atoms with Gasteiger partial charge in [0.1, 0.15) is 5.82 Å². The van der Waals surface area contributed by atoms with Crippen LogP contribution in [0.5, 0.6) is 0 Å². The van der Waals surface area contributed by atoms with Gasteiger partial charge in [-0.05, 0) is 17.7 Å². The lowest BCUT2D eigenvalue weighted by Gasteiger charge is -1.99. The van der Waals surface area contributed by atoms with E-state index in [1.54, 1.807) is 6.07 Å². The number of rotatable bonds is 2. The molecule has 0 radical (unpaired) electrons. The molecule has 0 aliphatic heterocycles. The molecular weight excluding hydrogens is 204 g/mol.